The van der Waals surface area contributed by atoms with Crippen LogP contribution in [0.5, 0.6) is 0 Å². The summed E-state index contributed by atoms with van der Waals surface area (Å²) in [6, 6.07) is 8.93. The third kappa shape index (κ3) is 3.08. The van der Waals surface area contributed by atoms with Crippen LogP contribution in [0.2, 0.25) is 0 Å². The normalized spacial score (nSPS) is 25.9. The summed E-state index contributed by atoms with van der Waals surface area (Å²) in [6.45, 7) is 2.36. The molecule has 0 bridgehead atoms. The van der Waals surface area contributed by atoms with Gasteiger partial charge in [-0.2, -0.15) is 0 Å². The molecule has 1 fully saturated rings. The van der Waals surface area contributed by atoms with Crippen LogP contribution < -0.4 is 11.3 Å². The fourth-order valence-corrected chi connectivity index (χ4v) is 3.67. The van der Waals surface area contributed by atoms with Gasteiger partial charge >= 0.3 is 0 Å². The first-order chi connectivity index (χ1) is 8.76. The lowest BCUT2D eigenvalue weighted by atomic mass is 9.77. The predicted octanol–water partition coefficient (Wildman–Crippen LogP) is 3.74. The van der Waals surface area contributed by atoms with Gasteiger partial charge in [-0.1, -0.05) is 38.0 Å². The molecule has 3 heteroatoms. The van der Waals surface area contributed by atoms with E-state index in [2.05, 4.69) is 42.9 Å². The van der Waals surface area contributed by atoms with E-state index in [9.17, 15) is 0 Å². The number of hydrogen-bond donors (Lipinski definition) is 2. The highest BCUT2D eigenvalue weighted by atomic mass is 32.2. The Labute approximate surface area is 115 Å². The van der Waals surface area contributed by atoms with Gasteiger partial charge < -0.3 is 0 Å². The monoisotopic (exact) mass is 264 g/mol. The van der Waals surface area contributed by atoms with Crippen molar-refractivity contribution in [2.24, 2.45) is 17.7 Å². The smallest absolute Gasteiger partial charge is 0.0499 e. The Kier molecular flexibility index (Phi) is 5.10. The van der Waals surface area contributed by atoms with Gasteiger partial charge in [0.25, 0.3) is 0 Å². The molecule has 100 valence electrons. The van der Waals surface area contributed by atoms with E-state index in [1.165, 1.54) is 36.1 Å². The second kappa shape index (κ2) is 6.60. The zero-order chi connectivity index (χ0) is 13.0. The minimum absolute atomic E-state index is 0.307. The van der Waals surface area contributed by atoms with Crippen LogP contribution in [0.3, 0.4) is 0 Å². The molecule has 1 aromatic carbocycles. The topological polar surface area (TPSA) is 38.0 Å². The van der Waals surface area contributed by atoms with Crippen LogP contribution in [0.1, 0.15) is 44.2 Å². The van der Waals surface area contributed by atoms with Crippen molar-refractivity contribution in [2.45, 2.75) is 43.5 Å². The number of hydrogen-bond acceptors (Lipinski definition) is 3. The summed E-state index contributed by atoms with van der Waals surface area (Å²) in [4.78, 5) is 1.35. The van der Waals surface area contributed by atoms with Crippen molar-refractivity contribution >= 4 is 11.8 Å². The SMILES string of the molecule is CSc1ccccc1C(NN)C1CCC(C)CC1. The Morgan fingerprint density at radius 2 is 1.89 bits per heavy atom. The van der Waals surface area contributed by atoms with E-state index in [0.29, 0.717) is 12.0 Å². The maximum absolute atomic E-state index is 5.83. The van der Waals surface area contributed by atoms with Crippen LogP contribution in [0.25, 0.3) is 0 Å². The average Bonchev–Trinajstić information content (AvgIpc) is 2.42. The van der Waals surface area contributed by atoms with E-state index in [1.807, 2.05) is 11.8 Å². The molecule has 0 spiro atoms. The molecule has 3 N–H and O–H groups in total. The van der Waals surface area contributed by atoms with Gasteiger partial charge in [0, 0.05) is 10.9 Å². The molecule has 0 aromatic heterocycles. The molecule has 2 nitrogen and oxygen atoms in total. The maximum atomic E-state index is 5.83. The van der Waals surface area contributed by atoms with Gasteiger partial charge in [0.05, 0.1) is 0 Å². The number of benzene rings is 1. The molecular formula is C15H24N2S. The van der Waals surface area contributed by atoms with Gasteiger partial charge in [0.1, 0.15) is 0 Å². The molecule has 1 atom stereocenters. The third-order valence-electron chi connectivity index (χ3n) is 4.19. The Hall–Kier alpha value is -0.510. The lowest BCUT2D eigenvalue weighted by molar-refractivity contribution is 0.231. The van der Waals surface area contributed by atoms with E-state index < -0.39 is 0 Å². The highest BCUT2D eigenvalue weighted by Crippen LogP contribution is 2.38. The van der Waals surface area contributed by atoms with Gasteiger partial charge in [0.15, 0.2) is 0 Å². The molecular weight excluding hydrogens is 240 g/mol. The molecule has 0 aliphatic heterocycles. The molecule has 0 heterocycles. The number of rotatable bonds is 4. The average molecular weight is 264 g/mol. The zero-order valence-electron chi connectivity index (χ0n) is 11.4. The van der Waals surface area contributed by atoms with Crippen molar-refractivity contribution in [2.75, 3.05) is 6.26 Å². The summed E-state index contributed by atoms with van der Waals surface area (Å²) in [5.74, 6) is 7.40. The molecule has 0 saturated heterocycles. The summed E-state index contributed by atoms with van der Waals surface area (Å²) >= 11 is 1.81. The first-order valence-corrected chi connectivity index (χ1v) is 8.07. The van der Waals surface area contributed by atoms with E-state index in [0.717, 1.165) is 5.92 Å². The highest BCUT2D eigenvalue weighted by Gasteiger charge is 2.27. The fourth-order valence-electron chi connectivity index (χ4n) is 3.02. The van der Waals surface area contributed by atoms with E-state index in [-0.39, 0.29) is 0 Å². The second-order valence-electron chi connectivity index (χ2n) is 5.41. The van der Waals surface area contributed by atoms with E-state index >= 15 is 0 Å². The number of nitrogens with two attached hydrogens (primary N) is 1. The third-order valence-corrected chi connectivity index (χ3v) is 5.00. The molecule has 2 rings (SSSR count). The number of nitrogens with one attached hydrogen (secondary N) is 1. The minimum Gasteiger partial charge on any atom is -0.271 e. The van der Waals surface area contributed by atoms with Crippen LogP contribution in [0.15, 0.2) is 29.2 Å². The first kappa shape index (κ1) is 13.9. The first-order valence-electron chi connectivity index (χ1n) is 6.85. The molecule has 1 aliphatic rings. The lowest BCUT2D eigenvalue weighted by Gasteiger charge is -2.33. The molecule has 0 radical (unpaired) electrons. The minimum atomic E-state index is 0.307. The molecule has 1 aromatic rings. The zero-order valence-corrected chi connectivity index (χ0v) is 12.2. The summed E-state index contributed by atoms with van der Waals surface area (Å²) in [5.41, 5.74) is 4.43. The van der Waals surface area contributed by atoms with Crippen molar-refractivity contribution < 1.29 is 0 Å². The van der Waals surface area contributed by atoms with Crippen molar-refractivity contribution in [1.82, 2.24) is 5.43 Å². The number of thioether (sulfide) groups is 1. The summed E-state index contributed by atoms with van der Waals surface area (Å²) < 4.78 is 0. The standard InChI is InChI=1S/C15H24N2S/c1-11-7-9-12(10-8-11)15(17-16)13-5-3-4-6-14(13)18-2/h3-6,11-12,15,17H,7-10,16H2,1-2H3. The van der Waals surface area contributed by atoms with Crippen LogP contribution in [0, 0.1) is 11.8 Å². The Bertz CT molecular complexity index is 373. The van der Waals surface area contributed by atoms with Gasteiger partial charge in [-0.15, -0.1) is 11.8 Å². The Balaban J connectivity index is 2.17. The molecule has 1 saturated carbocycles. The molecule has 18 heavy (non-hydrogen) atoms. The second-order valence-corrected chi connectivity index (χ2v) is 6.25. The molecule has 1 aliphatic carbocycles. The van der Waals surface area contributed by atoms with Crippen molar-refractivity contribution in [3.05, 3.63) is 29.8 Å². The van der Waals surface area contributed by atoms with Gasteiger partial charge in [0.2, 0.25) is 0 Å². The van der Waals surface area contributed by atoms with Crippen molar-refractivity contribution in [1.29, 1.82) is 0 Å². The number of hydrazine groups is 1. The van der Waals surface area contributed by atoms with E-state index in [4.69, 9.17) is 5.84 Å². The van der Waals surface area contributed by atoms with Crippen LogP contribution >= 0.6 is 11.8 Å². The summed E-state index contributed by atoms with van der Waals surface area (Å²) in [7, 11) is 0. The van der Waals surface area contributed by atoms with Crippen LogP contribution in [-0.4, -0.2) is 6.26 Å². The fraction of sp³-hybridized carbons (Fsp3) is 0.600. The van der Waals surface area contributed by atoms with Gasteiger partial charge in [-0.3, -0.25) is 11.3 Å². The van der Waals surface area contributed by atoms with Gasteiger partial charge in [-0.25, -0.2) is 0 Å². The van der Waals surface area contributed by atoms with Crippen LogP contribution in [0.4, 0.5) is 0 Å². The van der Waals surface area contributed by atoms with Crippen LogP contribution in [-0.2, 0) is 0 Å². The summed E-state index contributed by atoms with van der Waals surface area (Å²) in [5, 5.41) is 0. The van der Waals surface area contributed by atoms with Crippen molar-refractivity contribution in [3.8, 4) is 0 Å². The lowest BCUT2D eigenvalue weighted by Crippen LogP contribution is -2.35. The Morgan fingerprint density at radius 3 is 2.50 bits per heavy atom. The molecule has 1 unspecified atom stereocenters. The van der Waals surface area contributed by atoms with Crippen molar-refractivity contribution in [3.63, 3.8) is 0 Å². The Morgan fingerprint density at radius 1 is 1.22 bits per heavy atom. The quantitative estimate of drug-likeness (QED) is 0.494. The highest BCUT2D eigenvalue weighted by molar-refractivity contribution is 7.98. The van der Waals surface area contributed by atoms with E-state index in [1.54, 1.807) is 0 Å². The largest absolute Gasteiger partial charge is 0.271 e. The predicted molar refractivity (Wildman–Crippen MR) is 79.4 cm³/mol. The summed E-state index contributed by atoms with van der Waals surface area (Å²) in [6.07, 6.45) is 7.39. The molecule has 0 amide bonds. The maximum Gasteiger partial charge on any atom is 0.0499 e. The van der Waals surface area contributed by atoms with Gasteiger partial charge in [-0.05, 0) is 42.6 Å².